The van der Waals surface area contributed by atoms with E-state index in [0.717, 1.165) is 10.9 Å². The summed E-state index contributed by atoms with van der Waals surface area (Å²) >= 11 is 9.47. The van der Waals surface area contributed by atoms with Gasteiger partial charge in [0.2, 0.25) is 0 Å². The molecule has 0 N–H and O–H groups in total. The summed E-state index contributed by atoms with van der Waals surface area (Å²) in [7, 11) is 0. The molecule has 2 rings (SSSR count). The van der Waals surface area contributed by atoms with E-state index in [2.05, 4.69) is 15.9 Å². The van der Waals surface area contributed by atoms with Gasteiger partial charge >= 0.3 is 5.97 Å². The standard InChI is InChI=1S/C18H18BrClO4/c1-2-10-23-18(21)9-11-22-14-4-6-15(7-5-14)24-17-8-3-13(19)12-16(17)20/h3-8,12H,2,9-11H2,1H3. The molecular formula is C18H18BrClO4. The van der Waals surface area contributed by atoms with Gasteiger partial charge in [0, 0.05) is 4.47 Å². The lowest BCUT2D eigenvalue weighted by Crippen LogP contribution is -2.10. The summed E-state index contributed by atoms with van der Waals surface area (Å²) in [6.45, 7) is 2.68. The van der Waals surface area contributed by atoms with Crippen molar-refractivity contribution in [2.75, 3.05) is 13.2 Å². The highest BCUT2D eigenvalue weighted by Gasteiger charge is 2.05. The number of halogens is 2. The number of carbonyl (C=O) groups is 1. The Morgan fingerprint density at radius 1 is 1.08 bits per heavy atom. The number of ether oxygens (including phenoxy) is 3. The summed E-state index contributed by atoms with van der Waals surface area (Å²) in [6.07, 6.45) is 1.04. The van der Waals surface area contributed by atoms with E-state index in [0.29, 0.717) is 28.9 Å². The number of rotatable bonds is 8. The molecule has 128 valence electrons. The molecule has 4 nitrogen and oxygen atoms in total. The molecule has 0 aliphatic heterocycles. The summed E-state index contributed by atoms with van der Waals surface area (Å²) < 4.78 is 17.1. The highest BCUT2D eigenvalue weighted by molar-refractivity contribution is 9.10. The summed E-state index contributed by atoms with van der Waals surface area (Å²) in [6, 6.07) is 12.5. The van der Waals surface area contributed by atoms with Crippen LogP contribution in [-0.4, -0.2) is 19.2 Å². The summed E-state index contributed by atoms with van der Waals surface area (Å²) in [5.41, 5.74) is 0. The van der Waals surface area contributed by atoms with Gasteiger partial charge in [0.05, 0.1) is 24.7 Å². The Bertz CT molecular complexity index is 673. The summed E-state index contributed by atoms with van der Waals surface area (Å²) in [5.74, 6) is 1.63. The largest absolute Gasteiger partial charge is 0.493 e. The Hall–Kier alpha value is -1.72. The number of esters is 1. The first-order valence-electron chi connectivity index (χ1n) is 7.60. The Morgan fingerprint density at radius 3 is 2.46 bits per heavy atom. The maximum atomic E-state index is 11.4. The lowest BCUT2D eigenvalue weighted by Gasteiger charge is -2.09. The zero-order chi connectivity index (χ0) is 17.4. The quantitative estimate of drug-likeness (QED) is 0.527. The molecule has 0 spiro atoms. The molecule has 0 atom stereocenters. The summed E-state index contributed by atoms with van der Waals surface area (Å²) in [4.78, 5) is 11.4. The van der Waals surface area contributed by atoms with Crippen molar-refractivity contribution < 1.29 is 19.0 Å². The van der Waals surface area contributed by atoms with Crippen LogP contribution < -0.4 is 9.47 Å². The molecule has 2 aromatic rings. The van der Waals surface area contributed by atoms with Crippen LogP contribution in [0.5, 0.6) is 17.2 Å². The normalized spacial score (nSPS) is 10.3. The fourth-order valence-corrected chi connectivity index (χ4v) is 2.54. The van der Waals surface area contributed by atoms with Gasteiger partial charge in [-0.2, -0.15) is 0 Å². The first kappa shape index (κ1) is 18.6. The molecule has 0 amide bonds. The van der Waals surface area contributed by atoms with Crippen LogP contribution in [0.4, 0.5) is 0 Å². The highest BCUT2D eigenvalue weighted by atomic mass is 79.9. The van der Waals surface area contributed by atoms with Crippen LogP contribution in [0.2, 0.25) is 5.02 Å². The fraction of sp³-hybridized carbons (Fsp3) is 0.278. The van der Waals surface area contributed by atoms with E-state index in [1.54, 1.807) is 36.4 Å². The van der Waals surface area contributed by atoms with E-state index in [1.807, 2.05) is 13.0 Å². The maximum Gasteiger partial charge on any atom is 0.309 e. The van der Waals surface area contributed by atoms with Crippen molar-refractivity contribution in [3.05, 3.63) is 52.0 Å². The van der Waals surface area contributed by atoms with Crippen molar-refractivity contribution in [1.82, 2.24) is 0 Å². The van der Waals surface area contributed by atoms with E-state index in [1.165, 1.54) is 0 Å². The Labute approximate surface area is 154 Å². The first-order chi connectivity index (χ1) is 11.6. The van der Waals surface area contributed by atoms with E-state index in [4.69, 9.17) is 25.8 Å². The van der Waals surface area contributed by atoms with E-state index >= 15 is 0 Å². The second-order valence-corrected chi connectivity index (χ2v) is 6.29. The molecule has 0 heterocycles. The molecule has 0 saturated carbocycles. The Kier molecular flexibility index (Phi) is 7.40. The number of benzene rings is 2. The molecule has 24 heavy (non-hydrogen) atoms. The average Bonchev–Trinajstić information content (AvgIpc) is 2.57. The molecule has 0 radical (unpaired) electrons. The maximum absolute atomic E-state index is 11.4. The van der Waals surface area contributed by atoms with E-state index < -0.39 is 0 Å². The third kappa shape index (κ3) is 6.06. The van der Waals surface area contributed by atoms with Gasteiger partial charge < -0.3 is 14.2 Å². The van der Waals surface area contributed by atoms with Crippen molar-refractivity contribution >= 4 is 33.5 Å². The lowest BCUT2D eigenvalue weighted by molar-refractivity contribution is -0.144. The smallest absolute Gasteiger partial charge is 0.309 e. The van der Waals surface area contributed by atoms with Crippen LogP contribution >= 0.6 is 27.5 Å². The minimum absolute atomic E-state index is 0.229. The van der Waals surface area contributed by atoms with Gasteiger partial charge in [-0.05, 0) is 48.9 Å². The van der Waals surface area contributed by atoms with Gasteiger partial charge in [0.1, 0.15) is 17.2 Å². The van der Waals surface area contributed by atoms with Gasteiger partial charge in [-0.25, -0.2) is 0 Å². The second kappa shape index (κ2) is 9.55. The predicted octanol–water partition coefficient (Wildman–Crippen LogP) is 5.62. The topological polar surface area (TPSA) is 44.8 Å². The molecular weight excluding hydrogens is 396 g/mol. The molecule has 0 aliphatic carbocycles. The summed E-state index contributed by atoms with van der Waals surface area (Å²) in [5, 5.41) is 0.523. The average molecular weight is 414 g/mol. The van der Waals surface area contributed by atoms with Crippen LogP contribution in [0, 0.1) is 0 Å². The highest BCUT2D eigenvalue weighted by Crippen LogP contribution is 2.32. The van der Waals surface area contributed by atoms with Gasteiger partial charge in [0.15, 0.2) is 0 Å². The fourth-order valence-electron chi connectivity index (χ4n) is 1.83. The monoisotopic (exact) mass is 412 g/mol. The lowest BCUT2D eigenvalue weighted by atomic mass is 10.3. The first-order valence-corrected chi connectivity index (χ1v) is 8.77. The number of carbonyl (C=O) groups excluding carboxylic acids is 1. The molecule has 0 fully saturated rings. The third-order valence-electron chi connectivity index (χ3n) is 2.99. The molecule has 0 saturated heterocycles. The van der Waals surface area contributed by atoms with Crippen molar-refractivity contribution in [2.24, 2.45) is 0 Å². The Balaban J connectivity index is 1.83. The van der Waals surface area contributed by atoms with Crippen LogP contribution in [0.25, 0.3) is 0 Å². The molecule has 2 aromatic carbocycles. The molecule has 0 aliphatic rings. The molecule has 0 bridgehead atoms. The van der Waals surface area contributed by atoms with E-state index in [-0.39, 0.29) is 19.0 Å². The number of hydrogen-bond donors (Lipinski definition) is 0. The van der Waals surface area contributed by atoms with Gasteiger partial charge in [0.25, 0.3) is 0 Å². The van der Waals surface area contributed by atoms with Crippen LogP contribution in [0.3, 0.4) is 0 Å². The SMILES string of the molecule is CCCOC(=O)CCOc1ccc(Oc2ccc(Br)cc2Cl)cc1. The van der Waals surface area contributed by atoms with E-state index in [9.17, 15) is 4.79 Å². The van der Waals surface area contributed by atoms with Crippen LogP contribution in [0.15, 0.2) is 46.9 Å². The van der Waals surface area contributed by atoms with Gasteiger partial charge in [-0.1, -0.05) is 34.5 Å². The molecule has 6 heteroatoms. The van der Waals surface area contributed by atoms with Gasteiger partial charge in [-0.15, -0.1) is 0 Å². The molecule has 0 unspecified atom stereocenters. The zero-order valence-electron chi connectivity index (χ0n) is 13.3. The number of hydrogen-bond acceptors (Lipinski definition) is 4. The van der Waals surface area contributed by atoms with Crippen molar-refractivity contribution in [1.29, 1.82) is 0 Å². The van der Waals surface area contributed by atoms with Crippen LogP contribution in [-0.2, 0) is 9.53 Å². The minimum atomic E-state index is -0.248. The van der Waals surface area contributed by atoms with Crippen molar-refractivity contribution in [2.45, 2.75) is 19.8 Å². The van der Waals surface area contributed by atoms with Crippen LogP contribution in [0.1, 0.15) is 19.8 Å². The predicted molar refractivity (Wildman–Crippen MR) is 97.0 cm³/mol. The molecule has 0 aromatic heterocycles. The zero-order valence-corrected chi connectivity index (χ0v) is 15.6. The van der Waals surface area contributed by atoms with Crippen molar-refractivity contribution in [3.8, 4) is 17.2 Å². The minimum Gasteiger partial charge on any atom is -0.493 e. The second-order valence-electron chi connectivity index (χ2n) is 4.97. The van der Waals surface area contributed by atoms with Gasteiger partial charge in [-0.3, -0.25) is 4.79 Å². The van der Waals surface area contributed by atoms with Crippen molar-refractivity contribution in [3.63, 3.8) is 0 Å². The third-order valence-corrected chi connectivity index (χ3v) is 3.78. The Morgan fingerprint density at radius 2 is 1.79 bits per heavy atom.